The first-order chi connectivity index (χ1) is 9.27. The molecule has 0 radical (unpaired) electrons. The van der Waals surface area contributed by atoms with Crippen molar-refractivity contribution in [3.8, 4) is 0 Å². The summed E-state index contributed by atoms with van der Waals surface area (Å²) in [7, 11) is -0.0515. The number of primary sulfonamides is 1. The molecule has 0 saturated heterocycles. The van der Waals surface area contributed by atoms with Crippen molar-refractivity contribution >= 4 is 21.4 Å². The highest BCUT2D eigenvalue weighted by Gasteiger charge is 2.13. The first kappa shape index (κ1) is 14.4. The zero-order valence-corrected chi connectivity index (χ0v) is 12.1. The highest BCUT2D eigenvalue weighted by Crippen LogP contribution is 2.24. The van der Waals surface area contributed by atoms with Crippen LogP contribution in [0.5, 0.6) is 0 Å². The van der Waals surface area contributed by atoms with Crippen molar-refractivity contribution < 1.29 is 8.42 Å². The zero-order chi connectivity index (χ0) is 14.9. The van der Waals surface area contributed by atoms with E-state index in [-0.39, 0.29) is 10.6 Å². The second kappa shape index (κ2) is 5.14. The maximum atomic E-state index is 11.3. The number of benzene rings is 1. The van der Waals surface area contributed by atoms with Crippen LogP contribution < -0.4 is 15.8 Å². The number of nitrogens with two attached hydrogens (primary N) is 2. The summed E-state index contributed by atoms with van der Waals surface area (Å²) in [6.45, 7) is 0.641. The second-order valence-corrected chi connectivity index (χ2v) is 6.18. The number of sulfonamides is 1. The monoisotopic (exact) mass is 295 g/mol. The fourth-order valence-electron chi connectivity index (χ4n) is 1.95. The SMILES string of the molecule is CN(Cc1cnn(C)c1)c1ccc(S(N)(=O)=O)c(N)c1. The molecule has 1 aromatic heterocycles. The van der Waals surface area contributed by atoms with E-state index < -0.39 is 10.0 Å². The topological polar surface area (TPSA) is 107 Å². The van der Waals surface area contributed by atoms with Gasteiger partial charge in [0.25, 0.3) is 0 Å². The van der Waals surface area contributed by atoms with E-state index in [1.165, 1.54) is 6.07 Å². The zero-order valence-electron chi connectivity index (χ0n) is 11.3. The Morgan fingerprint density at radius 3 is 2.60 bits per heavy atom. The highest BCUT2D eigenvalue weighted by molar-refractivity contribution is 7.89. The van der Waals surface area contributed by atoms with Crippen molar-refractivity contribution in [3.63, 3.8) is 0 Å². The van der Waals surface area contributed by atoms with Crippen molar-refractivity contribution in [1.29, 1.82) is 0 Å². The van der Waals surface area contributed by atoms with E-state index in [9.17, 15) is 8.42 Å². The van der Waals surface area contributed by atoms with E-state index in [0.717, 1.165) is 11.3 Å². The number of nitrogen functional groups attached to an aromatic ring is 1. The second-order valence-electron chi connectivity index (χ2n) is 4.65. The van der Waals surface area contributed by atoms with Gasteiger partial charge in [0, 0.05) is 38.1 Å². The van der Waals surface area contributed by atoms with Crippen molar-refractivity contribution in [2.75, 3.05) is 17.7 Å². The maximum Gasteiger partial charge on any atom is 0.240 e. The fourth-order valence-corrected chi connectivity index (χ4v) is 2.60. The summed E-state index contributed by atoms with van der Waals surface area (Å²) < 4.78 is 24.3. The lowest BCUT2D eigenvalue weighted by molar-refractivity contribution is 0.598. The lowest BCUT2D eigenvalue weighted by Crippen LogP contribution is -2.18. The van der Waals surface area contributed by atoms with Gasteiger partial charge in [0.1, 0.15) is 4.90 Å². The molecule has 4 N–H and O–H groups in total. The smallest absolute Gasteiger partial charge is 0.240 e. The molecule has 0 bridgehead atoms. The van der Waals surface area contributed by atoms with Crippen molar-refractivity contribution in [2.45, 2.75) is 11.4 Å². The van der Waals surface area contributed by atoms with Crippen molar-refractivity contribution in [3.05, 3.63) is 36.2 Å². The van der Waals surface area contributed by atoms with Crippen LogP contribution in [0.1, 0.15) is 5.56 Å². The number of nitrogens with zero attached hydrogens (tertiary/aromatic N) is 3. The average molecular weight is 295 g/mol. The van der Waals surface area contributed by atoms with Crippen LogP contribution in [0.4, 0.5) is 11.4 Å². The van der Waals surface area contributed by atoms with Crippen LogP contribution in [0.15, 0.2) is 35.5 Å². The van der Waals surface area contributed by atoms with E-state index in [0.29, 0.717) is 6.54 Å². The molecule has 0 unspecified atom stereocenters. The van der Waals surface area contributed by atoms with Crippen LogP contribution in [0.3, 0.4) is 0 Å². The summed E-state index contributed by atoms with van der Waals surface area (Å²) in [6.07, 6.45) is 3.69. The Balaban J connectivity index is 2.23. The summed E-state index contributed by atoms with van der Waals surface area (Å²) in [5.41, 5.74) is 7.73. The number of aryl methyl sites for hydroxylation is 1. The molecule has 0 aliphatic heterocycles. The van der Waals surface area contributed by atoms with Crippen LogP contribution in [0.2, 0.25) is 0 Å². The lowest BCUT2D eigenvalue weighted by Gasteiger charge is -2.19. The molecular weight excluding hydrogens is 278 g/mol. The van der Waals surface area contributed by atoms with Gasteiger partial charge in [-0.2, -0.15) is 5.10 Å². The molecule has 0 amide bonds. The molecule has 108 valence electrons. The largest absolute Gasteiger partial charge is 0.398 e. The summed E-state index contributed by atoms with van der Waals surface area (Å²) >= 11 is 0. The molecule has 0 aliphatic rings. The predicted molar refractivity (Wildman–Crippen MR) is 77.5 cm³/mol. The number of anilines is 2. The summed E-state index contributed by atoms with van der Waals surface area (Å²) in [5, 5.41) is 9.17. The first-order valence-corrected chi connectivity index (χ1v) is 7.43. The Bertz CT molecular complexity index is 723. The van der Waals surface area contributed by atoms with E-state index in [1.54, 1.807) is 23.0 Å². The summed E-state index contributed by atoms with van der Waals surface area (Å²) in [5.74, 6) is 0. The minimum absolute atomic E-state index is 0.0592. The maximum absolute atomic E-state index is 11.3. The molecule has 1 aromatic carbocycles. The standard InChI is InChI=1S/C12H17N5O2S/c1-16(7-9-6-15-17(2)8-9)10-3-4-12(11(13)5-10)20(14,18)19/h3-6,8H,7,13H2,1-2H3,(H2,14,18,19). The number of aromatic nitrogens is 2. The Hall–Kier alpha value is -2.06. The van der Waals surface area contributed by atoms with Gasteiger partial charge in [-0.25, -0.2) is 13.6 Å². The van der Waals surface area contributed by atoms with Crippen LogP contribution in [0, 0.1) is 0 Å². The molecule has 0 aliphatic carbocycles. The Morgan fingerprint density at radius 2 is 2.10 bits per heavy atom. The molecular formula is C12H17N5O2S. The number of rotatable bonds is 4. The van der Waals surface area contributed by atoms with Crippen molar-refractivity contribution in [1.82, 2.24) is 9.78 Å². The van der Waals surface area contributed by atoms with Gasteiger partial charge in [0.2, 0.25) is 10.0 Å². The van der Waals surface area contributed by atoms with Crippen LogP contribution >= 0.6 is 0 Å². The minimum atomic E-state index is -3.79. The third kappa shape index (κ3) is 3.09. The van der Waals surface area contributed by atoms with E-state index in [2.05, 4.69) is 5.10 Å². The summed E-state index contributed by atoms with van der Waals surface area (Å²) in [6, 6.07) is 4.68. The van der Waals surface area contributed by atoms with Gasteiger partial charge in [0.15, 0.2) is 0 Å². The van der Waals surface area contributed by atoms with Crippen molar-refractivity contribution in [2.24, 2.45) is 12.2 Å². The molecule has 0 atom stereocenters. The molecule has 2 rings (SSSR count). The summed E-state index contributed by atoms with van der Waals surface area (Å²) in [4.78, 5) is 1.89. The van der Waals surface area contributed by atoms with Crippen LogP contribution in [-0.2, 0) is 23.6 Å². The normalized spacial score (nSPS) is 11.6. The molecule has 0 spiro atoms. The Kier molecular flexibility index (Phi) is 3.69. The van der Waals surface area contributed by atoms with E-state index >= 15 is 0 Å². The average Bonchev–Trinajstić information content (AvgIpc) is 2.73. The van der Waals surface area contributed by atoms with Gasteiger partial charge in [0.05, 0.1) is 11.9 Å². The number of hydrogen-bond acceptors (Lipinski definition) is 5. The molecule has 0 saturated carbocycles. The predicted octanol–water partition coefficient (Wildman–Crippen LogP) is 0.286. The van der Waals surface area contributed by atoms with Gasteiger partial charge in [-0.1, -0.05) is 0 Å². The van der Waals surface area contributed by atoms with Gasteiger partial charge in [-0.3, -0.25) is 4.68 Å². The fraction of sp³-hybridized carbons (Fsp3) is 0.250. The molecule has 20 heavy (non-hydrogen) atoms. The molecule has 0 fully saturated rings. The van der Waals surface area contributed by atoms with Gasteiger partial charge in [-0.15, -0.1) is 0 Å². The van der Waals surface area contributed by atoms with Gasteiger partial charge in [-0.05, 0) is 18.2 Å². The van der Waals surface area contributed by atoms with E-state index in [1.807, 2.05) is 25.2 Å². The quantitative estimate of drug-likeness (QED) is 0.788. The Morgan fingerprint density at radius 1 is 1.40 bits per heavy atom. The Labute approximate surface area is 117 Å². The molecule has 7 nitrogen and oxygen atoms in total. The molecule has 1 heterocycles. The third-order valence-electron chi connectivity index (χ3n) is 2.92. The first-order valence-electron chi connectivity index (χ1n) is 5.88. The van der Waals surface area contributed by atoms with Gasteiger partial charge >= 0.3 is 0 Å². The lowest BCUT2D eigenvalue weighted by atomic mass is 10.2. The van der Waals surface area contributed by atoms with Gasteiger partial charge < -0.3 is 10.6 Å². The minimum Gasteiger partial charge on any atom is -0.398 e. The molecule has 2 aromatic rings. The molecule has 8 heteroatoms. The van der Waals surface area contributed by atoms with Crippen LogP contribution in [-0.4, -0.2) is 25.2 Å². The highest BCUT2D eigenvalue weighted by atomic mass is 32.2. The van der Waals surface area contributed by atoms with E-state index in [4.69, 9.17) is 10.9 Å². The third-order valence-corrected chi connectivity index (χ3v) is 3.90. The number of hydrogen-bond donors (Lipinski definition) is 2. The van der Waals surface area contributed by atoms with Crippen LogP contribution in [0.25, 0.3) is 0 Å².